The van der Waals surface area contributed by atoms with Crippen LogP contribution in [0.2, 0.25) is 0 Å². The van der Waals surface area contributed by atoms with Crippen LogP contribution >= 0.6 is 0 Å². The fraction of sp³-hybridized carbons (Fsp3) is 0.500. The first-order chi connectivity index (χ1) is 8.24. The van der Waals surface area contributed by atoms with E-state index in [0.717, 1.165) is 42.9 Å². The number of aromatic nitrogens is 3. The first-order valence-electron chi connectivity index (χ1n) is 5.89. The lowest BCUT2D eigenvalue weighted by Crippen LogP contribution is -2.06. The highest BCUT2D eigenvalue weighted by atomic mass is 16.5. The highest BCUT2D eigenvalue weighted by Gasteiger charge is 2.10. The molecule has 0 fully saturated rings. The summed E-state index contributed by atoms with van der Waals surface area (Å²) in [7, 11) is 0. The summed E-state index contributed by atoms with van der Waals surface area (Å²) in [5.41, 5.74) is 8.76. The van der Waals surface area contributed by atoms with Gasteiger partial charge in [-0.2, -0.15) is 0 Å². The Morgan fingerprint density at radius 3 is 3.06 bits per heavy atom. The largest absolute Gasteiger partial charge is 0.382 e. The van der Waals surface area contributed by atoms with Crippen molar-refractivity contribution in [3.63, 3.8) is 0 Å². The predicted molar refractivity (Wildman–Crippen MR) is 67.8 cm³/mol. The van der Waals surface area contributed by atoms with E-state index in [2.05, 4.69) is 9.97 Å². The molecule has 5 nitrogen and oxygen atoms in total. The summed E-state index contributed by atoms with van der Waals surface area (Å²) in [5, 5.41) is 0. The maximum atomic E-state index is 5.91. The molecule has 5 heteroatoms. The Kier molecular flexibility index (Phi) is 3.58. The van der Waals surface area contributed by atoms with E-state index in [1.54, 1.807) is 6.20 Å². The zero-order chi connectivity index (χ0) is 12.3. The molecule has 92 valence electrons. The summed E-state index contributed by atoms with van der Waals surface area (Å²) < 4.78 is 7.26. The standard InChI is InChI=1S/C12H18N4O/c1-3-17-8-4-7-16-11-10(15-12(16)13)9(2)5-6-14-11/h5-6H,3-4,7-8H2,1-2H3,(H2,13,15). The maximum Gasteiger partial charge on any atom is 0.202 e. The summed E-state index contributed by atoms with van der Waals surface area (Å²) in [4.78, 5) is 8.69. The van der Waals surface area contributed by atoms with Crippen LogP contribution in [-0.4, -0.2) is 27.7 Å². The van der Waals surface area contributed by atoms with Gasteiger partial charge in [-0.05, 0) is 31.9 Å². The van der Waals surface area contributed by atoms with Crippen LogP contribution < -0.4 is 5.73 Å². The second-order valence-electron chi connectivity index (χ2n) is 3.97. The van der Waals surface area contributed by atoms with Gasteiger partial charge in [-0.25, -0.2) is 9.97 Å². The van der Waals surface area contributed by atoms with Gasteiger partial charge in [0, 0.05) is 26.0 Å². The van der Waals surface area contributed by atoms with Crippen LogP contribution in [-0.2, 0) is 11.3 Å². The molecular formula is C12H18N4O. The van der Waals surface area contributed by atoms with E-state index in [4.69, 9.17) is 10.5 Å². The Hall–Kier alpha value is -1.62. The van der Waals surface area contributed by atoms with Crippen molar-refractivity contribution in [2.24, 2.45) is 0 Å². The number of rotatable bonds is 5. The number of aryl methyl sites for hydroxylation is 2. The van der Waals surface area contributed by atoms with Crippen molar-refractivity contribution < 1.29 is 4.74 Å². The van der Waals surface area contributed by atoms with E-state index < -0.39 is 0 Å². The Balaban J connectivity index is 2.21. The molecule has 2 rings (SSSR count). The third kappa shape index (κ3) is 2.39. The fourth-order valence-electron chi connectivity index (χ4n) is 1.84. The van der Waals surface area contributed by atoms with Crippen LogP contribution in [0.15, 0.2) is 12.3 Å². The van der Waals surface area contributed by atoms with Crippen molar-refractivity contribution in [3.05, 3.63) is 17.8 Å². The normalized spacial score (nSPS) is 11.2. The molecule has 2 aromatic rings. The number of hydrogen-bond donors (Lipinski definition) is 1. The van der Waals surface area contributed by atoms with Gasteiger partial charge in [0.1, 0.15) is 5.52 Å². The molecule has 0 aromatic carbocycles. The number of imidazole rings is 1. The average molecular weight is 234 g/mol. The van der Waals surface area contributed by atoms with Gasteiger partial charge in [-0.3, -0.25) is 4.57 Å². The molecule has 0 spiro atoms. The molecule has 0 aliphatic rings. The molecule has 0 atom stereocenters. The van der Waals surface area contributed by atoms with Crippen LogP contribution in [0.25, 0.3) is 11.2 Å². The van der Waals surface area contributed by atoms with E-state index in [9.17, 15) is 0 Å². The van der Waals surface area contributed by atoms with Gasteiger partial charge in [-0.15, -0.1) is 0 Å². The first-order valence-corrected chi connectivity index (χ1v) is 5.89. The zero-order valence-electron chi connectivity index (χ0n) is 10.3. The minimum absolute atomic E-state index is 0.526. The van der Waals surface area contributed by atoms with Gasteiger partial charge < -0.3 is 10.5 Å². The molecule has 0 aliphatic heterocycles. The summed E-state index contributed by atoms with van der Waals surface area (Å²) in [6.07, 6.45) is 2.71. The van der Waals surface area contributed by atoms with E-state index >= 15 is 0 Å². The third-order valence-electron chi connectivity index (χ3n) is 2.74. The van der Waals surface area contributed by atoms with Gasteiger partial charge in [0.2, 0.25) is 5.95 Å². The van der Waals surface area contributed by atoms with E-state index in [1.807, 2.05) is 24.5 Å². The molecule has 0 aliphatic carbocycles. The van der Waals surface area contributed by atoms with Crippen molar-refractivity contribution in [2.45, 2.75) is 26.8 Å². The van der Waals surface area contributed by atoms with Gasteiger partial charge in [0.25, 0.3) is 0 Å². The molecule has 2 aromatic heterocycles. The van der Waals surface area contributed by atoms with E-state index in [-0.39, 0.29) is 0 Å². The molecular weight excluding hydrogens is 216 g/mol. The Bertz CT molecular complexity index is 506. The number of fused-ring (bicyclic) bond motifs is 1. The molecule has 0 saturated heterocycles. The average Bonchev–Trinajstić information content (AvgIpc) is 2.63. The van der Waals surface area contributed by atoms with Crippen molar-refractivity contribution in [1.82, 2.24) is 14.5 Å². The van der Waals surface area contributed by atoms with Crippen molar-refractivity contribution >= 4 is 17.1 Å². The predicted octanol–water partition coefficient (Wildman–Crippen LogP) is 1.75. The van der Waals surface area contributed by atoms with Crippen molar-refractivity contribution in [3.8, 4) is 0 Å². The molecule has 0 unspecified atom stereocenters. The van der Waals surface area contributed by atoms with Crippen LogP contribution in [0, 0.1) is 6.92 Å². The Morgan fingerprint density at radius 1 is 1.47 bits per heavy atom. The number of nitrogens with two attached hydrogens (primary N) is 1. The summed E-state index contributed by atoms with van der Waals surface area (Å²) in [6.45, 7) is 6.28. The van der Waals surface area contributed by atoms with E-state index in [1.165, 1.54) is 0 Å². The van der Waals surface area contributed by atoms with Crippen molar-refractivity contribution in [1.29, 1.82) is 0 Å². The lowest BCUT2D eigenvalue weighted by molar-refractivity contribution is 0.142. The second-order valence-corrected chi connectivity index (χ2v) is 3.97. The van der Waals surface area contributed by atoms with Gasteiger partial charge in [0.05, 0.1) is 0 Å². The Morgan fingerprint density at radius 2 is 2.29 bits per heavy atom. The Labute approximate surface area is 101 Å². The topological polar surface area (TPSA) is 66.0 Å². The van der Waals surface area contributed by atoms with Gasteiger partial charge in [-0.1, -0.05) is 0 Å². The maximum absolute atomic E-state index is 5.91. The number of pyridine rings is 1. The monoisotopic (exact) mass is 234 g/mol. The van der Waals surface area contributed by atoms with Crippen LogP contribution in [0.4, 0.5) is 5.95 Å². The molecule has 0 amide bonds. The van der Waals surface area contributed by atoms with Gasteiger partial charge in [0.15, 0.2) is 5.65 Å². The summed E-state index contributed by atoms with van der Waals surface area (Å²) in [5.74, 6) is 0.526. The molecule has 17 heavy (non-hydrogen) atoms. The lowest BCUT2D eigenvalue weighted by Gasteiger charge is -2.05. The number of hydrogen-bond acceptors (Lipinski definition) is 4. The molecule has 0 radical (unpaired) electrons. The highest BCUT2D eigenvalue weighted by Crippen LogP contribution is 2.18. The number of ether oxygens (including phenoxy) is 1. The van der Waals surface area contributed by atoms with Gasteiger partial charge >= 0.3 is 0 Å². The fourth-order valence-corrected chi connectivity index (χ4v) is 1.84. The molecule has 2 N–H and O–H groups in total. The summed E-state index contributed by atoms with van der Waals surface area (Å²) in [6, 6.07) is 1.94. The molecule has 0 saturated carbocycles. The first kappa shape index (κ1) is 11.9. The smallest absolute Gasteiger partial charge is 0.202 e. The molecule has 2 heterocycles. The van der Waals surface area contributed by atoms with Crippen LogP contribution in [0.1, 0.15) is 18.9 Å². The lowest BCUT2D eigenvalue weighted by atomic mass is 10.3. The highest BCUT2D eigenvalue weighted by molar-refractivity contribution is 5.77. The SMILES string of the molecule is CCOCCCn1c(N)nc2c(C)ccnc21. The zero-order valence-corrected chi connectivity index (χ0v) is 10.3. The number of anilines is 1. The number of nitrogens with zero attached hydrogens (tertiary/aromatic N) is 3. The quantitative estimate of drug-likeness (QED) is 0.800. The third-order valence-corrected chi connectivity index (χ3v) is 2.74. The molecule has 0 bridgehead atoms. The van der Waals surface area contributed by atoms with E-state index in [0.29, 0.717) is 5.95 Å². The summed E-state index contributed by atoms with van der Waals surface area (Å²) >= 11 is 0. The van der Waals surface area contributed by atoms with Crippen LogP contribution in [0.3, 0.4) is 0 Å². The minimum Gasteiger partial charge on any atom is -0.382 e. The van der Waals surface area contributed by atoms with Crippen LogP contribution in [0.5, 0.6) is 0 Å². The number of nitrogen functional groups attached to an aromatic ring is 1. The second kappa shape index (κ2) is 5.14. The minimum atomic E-state index is 0.526. The van der Waals surface area contributed by atoms with Crippen molar-refractivity contribution in [2.75, 3.05) is 18.9 Å².